The lowest BCUT2D eigenvalue weighted by molar-refractivity contribution is 0.426. The summed E-state index contributed by atoms with van der Waals surface area (Å²) in [4.78, 5) is 0.311. The molecule has 1 heterocycles. The molecule has 3 aromatic rings. The van der Waals surface area contributed by atoms with Crippen LogP contribution in [0.25, 0.3) is 11.0 Å². The first-order chi connectivity index (χ1) is 12.3. The Morgan fingerprint density at radius 2 is 1.92 bits per heavy atom. The molecule has 26 heavy (non-hydrogen) atoms. The summed E-state index contributed by atoms with van der Waals surface area (Å²) >= 11 is 0. The molecule has 0 spiro atoms. The Labute approximate surface area is 154 Å². The van der Waals surface area contributed by atoms with Crippen molar-refractivity contribution in [2.24, 2.45) is 5.92 Å². The molecule has 4 rings (SSSR count). The van der Waals surface area contributed by atoms with Crippen molar-refractivity contribution >= 4 is 26.7 Å². The van der Waals surface area contributed by atoms with Gasteiger partial charge in [-0.15, -0.1) is 0 Å². The number of sulfonamides is 1. The first-order valence-corrected chi connectivity index (χ1v) is 10.5. The Kier molecular flexibility index (Phi) is 4.07. The van der Waals surface area contributed by atoms with E-state index in [9.17, 15) is 8.42 Å². The van der Waals surface area contributed by atoms with E-state index < -0.39 is 10.0 Å². The van der Waals surface area contributed by atoms with Gasteiger partial charge < -0.3 is 4.42 Å². The lowest BCUT2D eigenvalue weighted by Crippen LogP contribution is -2.14. The van der Waals surface area contributed by atoms with Crippen molar-refractivity contribution in [3.8, 4) is 0 Å². The standard InChI is InChI=1S/C21H23NO3S/c1-13-5-9-21(15(3)10-13)26(23,24)22-16-6-8-19-18(12-16)17-7-4-14(2)11-20(17)25-19/h5-6,8-10,12,14,22H,4,7,11H2,1-3H3/t14-/m1/s1. The zero-order valence-electron chi connectivity index (χ0n) is 15.3. The van der Waals surface area contributed by atoms with Gasteiger partial charge in [-0.1, -0.05) is 24.6 Å². The van der Waals surface area contributed by atoms with Gasteiger partial charge in [0.1, 0.15) is 11.3 Å². The third kappa shape index (κ3) is 3.01. The van der Waals surface area contributed by atoms with E-state index in [2.05, 4.69) is 11.6 Å². The molecule has 0 amide bonds. The maximum Gasteiger partial charge on any atom is 0.262 e. The average Bonchev–Trinajstić information content (AvgIpc) is 2.90. The number of aryl methyl sites for hydroxylation is 3. The predicted molar refractivity (Wildman–Crippen MR) is 104 cm³/mol. The Morgan fingerprint density at radius 1 is 1.12 bits per heavy atom. The Bertz CT molecular complexity index is 1100. The molecule has 1 aromatic heterocycles. The van der Waals surface area contributed by atoms with Crippen LogP contribution in [-0.2, 0) is 22.9 Å². The van der Waals surface area contributed by atoms with Crippen LogP contribution < -0.4 is 4.72 Å². The fraction of sp³-hybridized carbons (Fsp3) is 0.333. The van der Waals surface area contributed by atoms with Gasteiger partial charge in [0.15, 0.2) is 0 Å². The highest BCUT2D eigenvalue weighted by Gasteiger charge is 2.23. The molecule has 0 saturated heterocycles. The molecular formula is C21H23NO3S. The molecule has 1 aliphatic rings. The number of anilines is 1. The summed E-state index contributed by atoms with van der Waals surface area (Å²) in [6, 6.07) is 10.9. The van der Waals surface area contributed by atoms with Gasteiger partial charge in [0.25, 0.3) is 10.0 Å². The smallest absolute Gasteiger partial charge is 0.262 e. The molecule has 0 saturated carbocycles. The van der Waals surface area contributed by atoms with Crippen LogP contribution in [0.15, 0.2) is 45.7 Å². The molecular weight excluding hydrogens is 346 g/mol. The number of furan rings is 1. The van der Waals surface area contributed by atoms with E-state index >= 15 is 0 Å². The van der Waals surface area contributed by atoms with Crippen LogP contribution in [0.2, 0.25) is 0 Å². The number of rotatable bonds is 3. The first kappa shape index (κ1) is 17.2. The molecule has 136 valence electrons. The van der Waals surface area contributed by atoms with Gasteiger partial charge in [-0.3, -0.25) is 4.72 Å². The Balaban J connectivity index is 1.71. The Hall–Kier alpha value is -2.27. The van der Waals surface area contributed by atoms with Gasteiger partial charge in [0, 0.05) is 23.1 Å². The summed E-state index contributed by atoms with van der Waals surface area (Å²) in [5, 5.41) is 1.02. The number of hydrogen-bond donors (Lipinski definition) is 1. The molecule has 0 unspecified atom stereocenters. The highest BCUT2D eigenvalue weighted by Crippen LogP contribution is 2.35. The molecule has 0 aliphatic heterocycles. The Morgan fingerprint density at radius 3 is 2.69 bits per heavy atom. The fourth-order valence-electron chi connectivity index (χ4n) is 3.82. The second-order valence-corrected chi connectivity index (χ2v) is 9.09. The summed E-state index contributed by atoms with van der Waals surface area (Å²) in [7, 11) is -3.62. The summed E-state index contributed by atoms with van der Waals surface area (Å²) in [5.74, 6) is 1.68. The minimum atomic E-state index is -3.62. The van der Waals surface area contributed by atoms with Crippen molar-refractivity contribution < 1.29 is 12.8 Å². The zero-order valence-corrected chi connectivity index (χ0v) is 16.1. The van der Waals surface area contributed by atoms with Crippen molar-refractivity contribution in [2.45, 2.75) is 44.9 Å². The molecule has 5 heteroatoms. The summed E-state index contributed by atoms with van der Waals surface area (Å²) in [5.41, 5.74) is 4.42. The lowest BCUT2D eigenvalue weighted by Gasteiger charge is -2.16. The quantitative estimate of drug-likeness (QED) is 0.709. The van der Waals surface area contributed by atoms with Gasteiger partial charge >= 0.3 is 0 Å². The molecule has 0 bridgehead atoms. The molecule has 0 fully saturated rings. The topological polar surface area (TPSA) is 59.3 Å². The van der Waals surface area contributed by atoms with E-state index in [1.807, 2.05) is 38.1 Å². The molecule has 1 aliphatic carbocycles. The fourth-order valence-corrected chi connectivity index (χ4v) is 5.10. The van der Waals surface area contributed by atoms with E-state index in [4.69, 9.17) is 4.42 Å². The van der Waals surface area contributed by atoms with Gasteiger partial charge in [0.2, 0.25) is 0 Å². The van der Waals surface area contributed by atoms with Crippen molar-refractivity contribution in [3.05, 3.63) is 58.8 Å². The lowest BCUT2D eigenvalue weighted by atomic mass is 9.88. The summed E-state index contributed by atoms with van der Waals surface area (Å²) < 4.78 is 34.3. The molecule has 1 atom stereocenters. The molecule has 4 nitrogen and oxygen atoms in total. The molecule has 2 aromatic carbocycles. The van der Waals surface area contributed by atoms with Crippen LogP contribution in [0, 0.1) is 19.8 Å². The largest absolute Gasteiger partial charge is 0.461 e. The predicted octanol–water partition coefficient (Wildman–Crippen LogP) is 4.98. The van der Waals surface area contributed by atoms with Gasteiger partial charge in [-0.2, -0.15) is 0 Å². The number of hydrogen-bond acceptors (Lipinski definition) is 3. The SMILES string of the molecule is Cc1ccc(S(=O)(=O)Nc2ccc3oc4c(c3c2)CC[C@@H](C)C4)c(C)c1. The minimum Gasteiger partial charge on any atom is -0.461 e. The van der Waals surface area contributed by atoms with Crippen molar-refractivity contribution in [2.75, 3.05) is 4.72 Å². The normalized spacial score (nSPS) is 17.3. The molecule has 1 N–H and O–H groups in total. The summed E-state index contributed by atoms with van der Waals surface area (Å²) in [6.07, 6.45) is 3.07. The van der Waals surface area contributed by atoms with Gasteiger partial charge in [-0.25, -0.2) is 8.42 Å². The molecule has 0 radical (unpaired) electrons. The average molecular weight is 369 g/mol. The van der Waals surface area contributed by atoms with E-state index in [1.165, 1.54) is 5.56 Å². The van der Waals surface area contributed by atoms with Crippen LogP contribution in [0.3, 0.4) is 0 Å². The third-order valence-electron chi connectivity index (χ3n) is 5.17. The van der Waals surface area contributed by atoms with E-state index in [0.717, 1.165) is 47.1 Å². The van der Waals surface area contributed by atoms with Crippen LogP contribution in [0.5, 0.6) is 0 Å². The van der Waals surface area contributed by atoms with Crippen molar-refractivity contribution in [3.63, 3.8) is 0 Å². The third-order valence-corrected chi connectivity index (χ3v) is 6.71. The van der Waals surface area contributed by atoms with Crippen molar-refractivity contribution in [1.29, 1.82) is 0 Å². The van der Waals surface area contributed by atoms with E-state index in [-0.39, 0.29) is 0 Å². The second kappa shape index (κ2) is 6.16. The maximum atomic E-state index is 12.8. The summed E-state index contributed by atoms with van der Waals surface area (Å²) in [6.45, 7) is 6.01. The van der Waals surface area contributed by atoms with Crippen LogP contribution in [-0.4, -0.2) is 8.42 Å². The number of fused-ring (bicyclic) bond motifs is 3. The van der Waals surface area contributed by atoms with Gasteiger partial charge in [0.05, 0.1) is 4.90 Å². The minimum absolute atomic E-state index is 0.311. The monoisotopic (exact) mass is 369 g/mol. The van der Waals surface area contributed by atoms with Crippen molar-refractivity contribution in [1.82, 2.24) is 0 Å². The zero-order chi connectivity index (χ0) is 18.5. The first-order valence-electron chi connectivity index (χ1n) is 8.98. The van der Waals surface area contributed by atoms with Crippen LogP contribution in [0.1, 0.15) is 35.8 Å². The van der Waals surface area contributed by atoms with E-state index in [1.54, 1.807) is 12.1 Å². The maximum absolute atomic E-state index is 12.8. The van der Waals surface area contributed by atoms with Crippen LogP contribution >= 0.6 is 0 Å². The van der Waals surface area contributed by atoms with Crippen LogP contribution in [0.4, 0.5) is 5.69 Å². The number of benzene rings is 2. The highest BCUT2D eigenvalue weighted by atomic mass is 32.2. The van der Waals surface area contributed by atoms with Gasteiger partial charge in [-0.05, 0) is 62.4 Å². The second-order valence-electron chi connectivity index (χ2n) is 7.44. The highest BCUT2D eigenvalue weighted by molar-refractivity contribution is 7.92. The van der Waals surface area contributed by atoms with E-state index in [0.29, 0.717) is 16.5 Å². The number of nitrogens with one attached hydrogen (secondary N) is 1.